The number of hydrogen-bond donors (Lipinski definition) is 3. The van der Waals surface area contributed by atoms with Crippen molar-refractivity contribution in [2.45, 2.75) is 57.2 Å². The first kappa shape index (κ1) is 32.6. The maximum absolute atomic E-state index is 14.0. The fourth-order valence-corrected chi connectivity index (χ4v) is 6.63. The Bertz CT molecular complexity index is 1560. The molecule has 0 bridgehead atoms. The first-order valence-electron chi connectivity index (χ1n) is 15.7. The van der Waals surface area contributed by atoms with Gasteiger partial charge < -0.3 is 39.6 Å². The highest BCUT2D eigenvalue weighted by atomic mass is 16.5. The zero-order chi connectivity index (χ0) is 32.8. The second kappa shape index (κ2) is 14.6. The third-order valence-corrected chi connectivity index (χ3v) is 8.94. The lowest BCUT2D eigenvalue weighted by Gasteiger charge is -2.37. The van der Waals surface area contributed by atoms with Crippen molar-refractivity contribution in [3.8, 4) is 17.2 Å². The molecule has 2 unspecified atom stereocenters. The van der Waals surface area contributed by atoms with Crippen LogP contribution in [-0.2, 0) is 32.1 Å². The Balaban J connectivity index is 1.34. The van der Waals surface area contributed by atoms with E-state index in [1.165, 1.54) is 31.1 Å². The van der Waals surface area contributed by atoms with E-state index in [9.17, 15) is 19.2 Å². The Labute approximate surface area is 268 Å². The molecular formula is C34H43N5O7. The molecule has 2 fully saturated rings. The Morgan fingerprint density at radius 1 is 1.02 bits per heavy atom. The fraction of sp³-hybridized carbons (Fsp3) is 0.471. The van der Waals surface area contributed by atoms with Crippen LogP contribution in [0.2, 0.25) is 0 Å². The van der Waals surface area contributed by atoms with Crippen molar-refractivity contribution in [3.05, 3.63) is 53.7 Å². The molecule has 5 rings (SSSR count). The number of methoxy groups -OCH3 is 3. The van der Waals surface area contributed by atoms with Crippen LogP contribution in [0.25, 0.3) is 10.9 Å². The van der Waals surface area contributed by atoms with E-state index in [-0.39, 0.29) is 49.7 Å². The van der Waals surface area contributed by atoms with Crippen molar-refractivity contribution < 1.29 is 33.4 Å². The lowest BCUT2D eigenvalue weighted by molar-refractivity contribution is -0.148. The molecule has 1 aromatic heterocycles. The first-order chi connectivity index (χ1) is 22.2. The second-order valence-electron chi connectivity index (χ2n) is 12.0. The van der Waals surface area contributed by atoms with Crippen molar-refractivity contribution >= 4 is 34.5 Å². The molecule has 3 N–H and O–H groups in total. The largest absolute Gasteiger partial charge is 0.493 e. The maximum atomic E-state index is 14.0. The highest BCUT2D eigenvalue weighted by Crippen LogP contribution is 2.38. The van der Waals surface area contributed by atoms with Gasteiger partial charge in [-0.25, -0.2) is 0 Å². The molecule has 1 aliphatic heterocycles. The number of nitrogens with zero attached hydrogens (tertiary/aromatic N) is 2. The summed E-state index contributed by atoms with van der Waals surface area (Å²) in [6, 6.07) is 9.72. The minimum absolute atomic E-state index is 0.0658. The quantitative estimate of drug-likeness (QED) is 0.279. The molecule has 246 valence electrons. The Morgan fingerprint density at radius 2 is 1.72 bits per heavy atom. The number of benzene rings is 2. The van der Waals surface area contributed by atoms with Gasteiger partial charge in [0, 0.05) is 37.1 Å². The van der Waals surface area contributed by atoms with E-state index in [2.05, 4.69) is 15.6 Å². The van der Waals surface area contributed by atoms with Gasteiger partial charge in [-0.2, -0.15) is 0 Å². The molecule has 2 atom stereocenters. The summed E-state index contributed by atoms with van der Waals surface area (Å²) in [4.78, 5) is 59.6. The molecule has 0 radical (unpaired) electrons. The monoisotopic (exact) mass is 633 g/mol. The van der Waals surface area contributed by atoms with Crippen molar-refractivity contribution in [1.29, 1.82) is 0 Å². The SMILES string of the molecule is COc1cc(CN(C)C(=O)C(Cc2c[nH]c3ccccc23)NC(=O)CN2CC(=O)NC(C3CCCCC3)C2=O)cc(OC)c1OC. The summed E-state index contributed by atoms with van der Waals surface area (Å²) in [5.41, 5.74) is 2.52. The molecule has 1 aliphatic carbocycles. The van der Waals surface area contributed by atoms with Crippen molar-refractivity contribution in [3.63, 3.8) is 0 Å². The van der Waals surface area contributed by atoms with Gasteiger partial charge in [0.2, 0.25) is 29.4 Å². The number of carbonyl (C=O) groups excluding carboxylic acids is 4. The normalized spacial score (nSPS) is 17.7. The second-order valence-corrected chi connectivity index (χ2v) is 12.0. The number of hydrogen-bond acceptors (Lipinski definition) is 7. The van der Waals surface area contributed by atoms with Crippen LogP contribution >= 0.6 is 0 Å². The van der Waals surface area contributed by atoms with E-state index in [4.69, 9.17) is 14.2 Å². The van der Waals surface area contributed by atoms with Gasteiger partial charge in [0.15, 0.2) is 11.5 Å². The van der Waals surface area contributed by atoms with Gasteiger partial charge in [-0.15, -0.1) is 0 Å². The fourth-order valence-electron chi connectivity index (χ4n) is 6.63. The van der Waals surface area contributed by atoms with Gasteiger partial charge in [-0.05, 0) is 48.1 Å². The number of amides is 4. The number of piperazine rings is 1. The van der Waals surface area contributed by atoms with Crippen LogP contribution in [0.15, 0.2) is 42.6 Å². The number of likely N-dealkylation sites (N-methyl/N-ethyl adjacent to an activating group) is 1. The molecule has 12 heteroatoms. The summed E-state index contributed by atoms with van der Waals surface area (Å²) in [5, 5.41) is 6.69. The van der Waals surface area contributed by atoms with Gasteiger partial charge in [-0.1, -0.05) is 37.5 Å². The molecule has 3 aromatic rings. The Kier molecular flexibility index (Phi) is 10.3. The number of rotatable bonds is 12. The van der Waals surface area contributed by atoms with Gasteiger partial charge in [-0.3, -0.25) is 19.2 Å². The van der Waals surface area contributed by atoms with Crippen LogP contribution < -0.4 is 24.8 Å². The maximum Gasteiger partial charge on any atom is 0.246 e. The molecule has 0 spiro atoms. The number of H-pyrrole nitrogens is 1. The Morgan fingerprint density at radius 3 is 2.39 bits per heavy atom. The molecule has 1 saturated carbocycles. The first-order valence-corrected chi connectivity index (χ1v) is 15.7. The Hall–Kier alpha value is -4.74. The smallest absolute Gasteiger partial charge is 0.246 e. The van der Waals surface area contributed by atoms with Crippen LogP contribution in [0.4, 0.5) is 0 Å². The van der Waals surface area contributed by atoms with Gasteiger partial charge in [0.25, 0.3) is 0 Å². The van der Waals surface area contributed by atoms with E-state index in [1.807, 2.05) is 30.5 Å². The van der Waals surface area contributed by atoms with Crippen LogP contribution in [0.5, 0.6) is 17.2 Å². The lowest BCUT2D eigenvalue weighted by atomic mass is 9.82. The van der Waals surface area contributed by atoms with E-state index in [0.717, 1.165) is 54.1 Å². The number of carbonyl (C=O) groups is 4. The van der Waals surface area contributed by atoms with E-state index >= 15 is 0 Å². The highest BCUT2D eigenvalue weighted by molar-refractivity contribution is 5.98. The van der Waals surface area contributed by atoms with E-state index in [0.29, 0.717) is 17.2 Å². The predicted molar refractivity (Wildman–Crippen MR) is 172 cm³/mol. The lowest BCUT2D eigenvalue weighted by Crippen LogP contribution is -2.62. The third-order valence-electron chi connectivity index (χ3n) is 8.94. The molecule has 2 aliphatic rings. The molecule has 46 heavy (non-hydrogen) atoms. The molecule has 2 heterocycles. The molecular weight excluding hydrogens is 590 g/mol. The van der Waals surface area contributed by atoms with Crippen LogP contribution in [0.1, 0.15) is 43.2 Å². The van der Waals surface area contributed by atoms with Gasteiger partial charge >= 0.3 is 0 Å². The van der Waals surface area contributed by atoms with Crippen molar-refractivity contribution in [2.24, 2.45) is 5.92 Å². The number of para-hydroxylation sites is 1. The summed E-state index contributed by atoms with van der Waals surface area (Å²) in [6.45, 7) is -0.315. The minimum atomic E-state index is -0.943. The summed E-state index contributed by atoms with van der Waals surface area (Å²) < 4.78 is 16.4. The molecule has 12 nitrogen and oxygen atoms in total. The van der Waals surface area contributed by atoms with Crippen LogP contribution in [0.3, 0.4) is 0 Å². The van der Waals surface area contributed by atoms with Crippen LogP contribution in [0, 0.1) is 5.92 Å². The molecule has 2 aromatic carbocycles. The average molecular weight is 634 g/mol. The standard InChI is InChI=1S/C34H43N5O7/c1-38(18-21-14-27(44-2)32(46-4)28(15-21)45-3)33(42)26(16-23-17-35-25-13-9-8-12-24(23)25)36-29(40)19-39-20-30(41)37-31(34(39)43)22-10-6-5-7-11-22/h8-9,12-15,17,22,26,31,35H,5-7,10-11,16,18-20H2,1-4H3,(H,36,40)(H,37,41). The number of aromatic nitrogens is 1. The highest BCUT2D eigenvalue weighted by Gasteiger charge is 2.39. The zero-order valence-corrected chi connectivity index (χ0v) is 26.9. The van der Waals surface area contributed by atoms with Gasteiger partial charge in [0.05, 0.1) is 21.3 Å². The van der Waals surface area contributed by atoms with Crippen molar-refractivity contribution in [2.75, 3.05) is 41.5 Å². The minimum Gasteiger partial charge on any atom is -0.493 e. The predicted octanol–water partition coefficient (Wildman–Crippen LogP) is 2.79. The molecule has 1 saturated heterocycles. The number of fused-ring (bicyclic) bond motifs is 1. The molecule has 4 amide bonds. The average Bonchev–Trinajstić information content (AvgIpc) is 3.47. The summed E-state index contributed by atoms with van der Waals surface area (Å²) in [5.74, 6) is 0.0707. The third kappa shape index (κ3) is 7.21. The number of aromatic amines is 1. The zero-order valence-electron chi connectivity index (χ0n) is 26.9. The summed E-state index contributed by atoms with van der Waals surface area (Å²) in [7, 11) is 6.23. The van der Waals surface area contributed by atoms with E-state index in [1.54, 1.807) is 19.2 Å². The van der Waals surface area contributed by atoms with Gasteiger partial charge in [0.1, 0.15) is 25.2 Å². The van der Waals surface area contributed by atoms with Crippen LogP contribution in [-0.4, -0.2) is 92.0 Å². The van der Waals surface area contributed by atoms with E-state index < -0.39 is 18.0 Å². The summed E-state index contributed by atoms with van der Waals surface area (Å²) in [6.07, 6.45) is 6.96. The topological polar surface area (TPSA) is 142 Å². The summed E-state index contributed by atoms with van der Waals surface area (Å²) >= 11 is 0. The number of ether oxygens (including phenoxy) is 3. The van der Waals surface area contributed by atoms with Crippen molar-refractivity contribution in [1.82, 2.24) is 25.4 Å². The number of nitrogens with one attached hydrogen (secondary N) is 3.